The Labute approximate surface area is 144 Å². The van der Waals surface area contributed by atoms with E-state index in [0.29, 0.717) is 11.0 Å². The molecule has 126 valence electrons. The van der Waals surface area contributed by atoms with Crippen molar-refractivity contribution in [2.45, 2.75) is 31.8 Å². The Bertz CT molecular complexity index is 977. The average Bonchev–Trinajstić information content (AvgIpc) is 3.47. The fraction of sp³-hybridized carbons (Fsp3) is 0.250. The highest BCUT2D eigenvalue weighted by Gasteiger charge is 2.38. The molecular formula is C20H18N2O3. The number of carbonyl (C=O) groups is 1. The van der Waals surface area contributed by atoms with Gasteiger partial charge in [-0.2, -0.15) is 0 Å². The lowest BCUT2D eigenvalue weighted by atomic mass is 10.1. The number of carbonyl (C=O) groups excluding carboxylic acids is 1. The van der Waals surface area contributed by atoms with Crippen molar-refractivity contribution in [1.29, 1.82) is 0 Å². The Kier molecular flexibility index (Phi) is 3.84. The summed E-state index contributed by atoms with van der Waals surface area (Å²) in [5, 5.41) is 0.481. The average molecular weight is 334 g/mol. The summed E-state index contributed by atoms with van der Waals surface area (Å²) in [6.45, 7) is 1.96. The van der Waals surface area contributed by atoms with E-state index in [9.17, 15) is 9.59 Å². The summed E-state index contributed by atoms with van der Waals surface area (Å²) in [4.78, 5) is 31.6. The van der Waals surface area contributed by atoms with Gasteiger partial charge >= 0.3 is 0 Å². The highest BCUT2D eigenvalue weighted by Crippen LogP contribution is 2.35. The Hall–Kier alpha value is -2.95. The van der Waals surface area contributed by atoms with Crippen LogP contribution < -0.4 is 5.43 Å². The summed E-state index contributed by atoms with van der Waals surface area (Å²) >= 11 is 0. The van der Waals surface area contributed by atoms with E-state index in [1.165, 1.54) is 6.07 Å². The van der Waals surface area contributed by atoms with Gasteiger partial charge in [0.25, 0.3) is 5.91 Å². The molecule has 25 heavy (non-hydrogen) atoms. The van der Waals surface area contributed by atoms with Crippen molar-refractivity contribution < 1.29 is 9.21 Å². The van der Waals surface area contributed by atoms with E-state index in [1.807, 2.05) is 25.1 Å². The molecule has 2 aromatic heterocycles. The van der Waals surface area contributed by atoms with Crippen LogP contribution in [0.3, 0.4) is 0 Å². The molecule has 1 amide bonds. The molecule has 0 radical (unpaired) electrons. The van der Waals surface area contributed by atoms with Gasteiger partial charge in [-0.25, -0.2) is 0 Å². The second-order valence-electron chi connectivity index (χ2n) is 6.35. The van der Waals surface area contributed by atoms with Crippen LogP contribution in [0.4, 0.5) is 0 Å². The molecule has 0 N–H and O–H groups in total. The minimum Gasteiger partial charge on any atom is -0.451 e. The smallest absolute Gasteiger partial charge is 0.290 e. The van der Waals surface area contributed by atoms with Gasteiger partial charge in [0.05, 0.1) is 17.1 Å². The number of nitrogens with zero attached hydrogens (tertiary/aromatic N) is 2. The summed E-state index contributed by atoms with van der Waals surface area (Å²) < 4.78 is 5.74. The van der Waals surface area contributed by atoms with Crippen LogP contribution in [0.5, 0.6) is 0 Å². The predicted octanol–water partition coefficient (Wildman–Crippen LogP) is 3.55. The molecule has 5 nitrogen and oxygen atoms in total. The number of fused-ring (bicyclic) bond motifs is 1. The first-order chi connectivity index (χ1) is 12.1. The summed E-state index contributed by atoms with van der Waals surface area (Å²) in [7, 11) is 0. The molecule has 1 aliphatic carbocycles. The molecule has 1 aromatic carbocycles. The van der Waals surface area contributed by atoms with Gasteiger partial charge in [-0.15, -0.1) is 0 Å². The van der Waals surface area contributed by atoms with Crippen LogP contribution in [0, 0.1) is 0 Å². The second-order valence-corrected chi connectivity index (χ2v) is 6.35. The molecule has 1 atom stereocenters. The number of rotatable bonds is 4. The van der Waals surface area contributed by atoms with Crippen LogP contribution in [0.1, 0.15) is 42.1 Å². The zero-order chi connectivity index (χ0) is 17.4. The molecule has 0 spiro atoms. The molecule has 1 aliphatic rings. The summed E-state index contributed by atoms with van der Waals surface area (Å²) in [5.41, 5.74) is 1.05. The van der Waals surface area contributed by atoms with Crippen LogP contribution in [0.2, 0.25) is 0 Å². The van der Waals surface area contributed by atoms with Crippen LogP contribution in [0.15, 0.2) is 63.9 Å². The normalized spacial score (nSPS) is 15.1. The number of para-hydroxylation sites is 1. The largest absolute Gasteiger partial charge is 0.451 e. The Morgan fingerprint density at radius 2 is 1.96 bits per heavy atom. The summed E-state index contributed by atoms with van der Waals surface area (Å²) in [6.07, 6.45) is 3.64. The van der Waals surface area contributed by atoms with E-state index in [-0.39, 0.29) is 29.2 Å². The topological polar surface area (TPSA) is 63.4 Å². The third-order valence-electron chi connectivity index (χ3n) is 4.55. The third kappa shape index (κ3) is 2.93. The lowest BCUT2D eigenvalue weighted by Gasteiger charge is -2.28. The van der Waals surface area contributed by atoms with Gasteiger partial charge in [0, 0.05) is 18.3 Å². The molecule has 0 bridgehead atoms. The van der Waals surface area contributed by atoms with Crippen LogP contribution in [0.25, 0.3) is 11.0 Å². The van der Waals surface area contributed by atoms with Gasteiger partial charge in [-0.1, -0.05) is 18.2 Å². The van der Waals surface area contributed by atoms with Gasteiger partial charge in [0.2, 0.25) is 0 Å². The van der Waals surface area contributed by atoms with Crippen LogP contribution >= 0.6 is 0 Å². The SMILES string of the molecule is CC(c1ccccn1)N(C(=O)c1cc(=O)c2ccccc2o1)C1CC1. The third-order valence-corrected chi connectivity index (χ3v) is 4.55. The first-order valence-electron chi connectivity index (χ1n) is 8.41. The van der Waals surface area contributed by atoms with Gasteiger partial charge in [-0.3, -0.25) is 14.6 Å². The molecule has 1 fully saturated rings. The number of amides is 1. The maximum Gasteiger partial charge on any atom is 0.290 e. The zero-order valence-corrected chi connectivity index (χ0v) is 13.9. The highest BCUT2D eigenvalue weighted by molar-refractivity contribution is 5.93. The standard InChI is InChI=1S/C20H18N2O3/c1-13(16-7-4-5-11-21-16)22(14-9-10-14)20(24)19-12-17(23)15-6-2-3-8-18(15)25-19/h2-8,11-14H,9-10H2,1H3. The van der Waals surface area contributed by atoms with Crippen molar-refractivity contribution in [1.82, 2.24) is 9.88 Å². The maximum absolute atomic E-state index is 13.1. The highest BCUT2D eigenvalue weighted by atomic mass is 16.3. The van der Waals surface area contributed by atoms with Crippen molar-refractivity contribution in [2.24, 2.45) is 0 Å². The van der Waals surface area contributed by atoms with Crippen LogP contribution in [-0.2, 0) is 0 Å². The molecule has 3 aromatic rings. The molecular weight excluding hydrogens is 316 g/mol. The fourth-order valence-corrected chi connectivity index (χ4v) is 3.11. The van der Waals surface area contributed by atoms with E-state index >= 15 is 0 Å². The Morgan fingerprint density at radius 1 is 1.20 bits per heavy atom. The van der Waals surface area contributed by atoms with E-state index in [4.69, 9.17) is 4.42 Å². The van der Waals surface area contributed by atoms with Crippen molar-refractivity contribution in [3.05, 3.63) is 76.4 Å². The molecule has 1 saturated carbocycles. The molecule has 2 heterocycles. The fourth-order valence-electron chi connectivity index (χ4n) is 3.11. The minimum atomic E-state index is -0.261. The van der Waals surface area contributed by atoms with Gasteiger partial charge < -0.3 is 9.32 Å². The first kappa shape index (κ1) is 15.6. The number of benzene rings is 1. The van der Waals surface area contributed by atoms with Crippen molar-refractivity contribution >= 4 is 16.9 Å². The number of aromatic nitrogens is 1. The van der Waals surface area contributed by atoms with E-state index in [0.717, 1.165) is 18.5 Å². The van der Waals surface area contributed by atoms with Crippen molar-refractivity contribution in [3.63, 3.8) is 0 Å². The Balaban J connectivity index is 1.74. The second kappa shape index (κ2) is 6.16. The zero-order valence-electron chi connectivity index (χ0n) is 13.9. The van der Waals surface area contributed by atoms with Gasteiger partial charge in [0.1, 0.15) is 5.58 Å². The molecule has 0 saturated heterocycles. The molecule has 5 heteroatoms. The van der Waals surface area contributed by atoms with Crippen molar-refractivity contribution in [3.8, 4) is 0 Å². The van der Waals surface area contributed by atoms with Gasteiger partial charge in [-0.05, 0) is 44.0 Å². The number of pyridine rings is 1. The first-order valence-corrected chi connectivity index (χ1v) is 8.41. The van der Waals surface area contributed by atoms with E-state index in [1.54, 1.807) is 35.4 Å². The molecule has 1 unspecified atom stereocenters. The predicted molar refractivity (Wildman–Crippen MR) is 94.3 cm³/mol. The Morgan fingerprint density at radius 3 is 2.68 bits per heavy atom. The summed E-state index contributed by atoms with van der Waals surface area (Å²) in [5.74, 6) is -0.179. The van der Waals surface area contributed by atoms with Crippen molar-refractivity contribution in [2.75, 3.05) is 0 Å². The van der Waals surface area contributed by atoms with Gasteiger partial charge in [0.15, 0.2) is 11.2 Å². The lowest BCUT2D eigenvalue weighted by molar-refractivity contribution is 0.0638. The summed E-state index contributed by atoms with van der Waals surface area (Å²) in [6, 6.07) is 13.9. The lowest BCUT2D eigenvalue weighted by Crippen LogP contribution is -2.36. The molecule has 0 aliphatic heterocycles. The maximum atomic E-state index is 13.1. The monoisotopic (exact) mass is 334 g/mol. The number of hydrogen-bond acceptors (Lipinski definition) is 4. The quantitative estimate of drug-likeness (QED) is 0.732. The van der Waals surface area contributed by atoms with E-state index in [2.05, 4.69) is 4.98 Å². The number of hydrogen-bond donors (Lipinski definition) is 0. The van der Waals surface area contributed by atoms with E-state index < -0.39 is 0 Å². The molecule has 4 rings (SSSR count). The minimum absolute atomic E-state index is 0.0818. The van der Waals surface area contributed by atoms with Crippen LogP contribution in [-0.4, -0.2) is 21.8 Å².